The number of H-pyrrole nitrogens is 1. The summed E-state index contributed by atoms with van der Waals surface area (Å²) in [7, 11) is 0. The summed E-state index contributed by atoms with van der Waals surface area (Å²) in [6, 6.07) is 19.8. The maximum Gasteiger partial charge on any atom is 0.256 e. The number of carbonyl (C=O) groups excluding carboxylic acids is 1. The van der Waals surface area contributed by atoms with Gasteiger partial charge in [-0.1, -0.05) is 48.5 Å². The Morgan fingerprint density at radius 3 is 2.46 bits per heavy atom. The molecule has 2 heterocycles. The SMILES string of the molecule is O=C(Nc1cc(=O)[nH]c2nc(Cc3ccccc3)nn12)c1ccccc1. The topological polar surface area (TPSA) is 92.1 Å². The summed E-state index contributed by atoms with van der Waals surface area (Å²) >= 11 is 0. The maximum atomic E-state index is 12.4. The fourth-order valence-electron chi connectivity index (χ4n) is 2.66. The van der Waals surface area contributed by atoms with Crippen molar-refractivity contribution in [3.8, 4) is 0 Å². The van der Waals surface area contributed by atoms with Crippen molar-refractivity contribution < 1.29 is 4.79 Å². The molecule has 26 heavy (non-hydrogen) atoms. The molecule has 0 aliphatic heterocycles. The molecule has 4 aromatic rings. The van der Waals surface area contributed by atoms with Gasteiger partial charge in [-0.3, -0.25) is 14.6 Å². The average molecular weight is 345 g/mol. The zero-order valence-electron chi connectivity index (χ0n) is 13.7. The number of benzene rings is 2. The molecule has 0 saturated carbocycles. The van der Waals surface area contributed by atoms with E-state index in [2.05, 4.69) is 20.4 Å². The number of nitrogens with zero attached hydrogens (tertiary/aromatic N) is 3. The van der Waals surface area contributed by atoms with Crippen LogP contribution < -0.4 is 10.9 Å². The van der Waals surface area contributed by atoms with E-state index in [9.17, 15) is 9.59 Å². The third kappa shape index (κ3) is 3.23. The van der Waals surface area contributed by atoms with Gasteiger partial charge in [-0.15, -0.1) is 5.10 Å². The Hall–Kier alpha value is -3.74. The van der Waals surface area contributed by atoms with E-state index in [0.717, 1.165) is 5.56 Å². The zero-order chi connectivity index (χ0) is 17.9. The van der Waals surface area contributed by atoms with Crippen molar-refractivity contribution in [3.05, 3.63) is 94.0 Å². The molecule has 2 aromatic heterocycles. The van der Waals surface area contributed by atoms with Gasteiger partial charge in [0.25, 0.3) is 11.5 Å². The standard InChI is InChI=1S/C19H15N5O2/c25-17-12-16(21-18(26)14-9-5-2-6-10-14)24-19(22-17)20-15(23-24)11-13-7-3-1-4-8-13/h1-10,12H,11H2,(H,21,26)(H,20,22,23,25). The van der Waals surface area contributed by atoms with Gasteiger partial charge >= 0.3 is 0 Å². The molecule has 0 radical (unpaired) electrons. The van der Waals surface area contributed by atoms with E-state index in [1.807, 2.05) is 36.4 Å². The van der Waals surface area contributed by atoms with Crippen molar-refractivity contribution in [2.75, 3.05) is 5.32 Å². The number of carbonyl (C=O) groups is 1. The number of fused-ring (bicyclic) bond motifs is 1. The molecule has 2 aromatic carbocycles. The Morgan fingerprint density at radius 1 is 1.04 bits per heavy atom. The molecule has 7 heteroatoms. The van der Waals surface area contributed by atoms with Gasteiger partial charge in [-0.25, -0.2) is 0 Å². The van der Waals surface area contributed by atoms with Crippen LogP contribution in [0.25, 0.3) is 5.78 Å². The van der Waals surface area contributed by atoms with Crippen molar-refractivity contribution in [2.24, 2.45) is 0 Å². The fraction of sp³-hybridized carbons (Fsp3) is 0.0526. The highest BCUT2D eigenvalue weighted by Crippen LogP contribution is 2.11. The summed E-state index contributed by atoms with van der Waals surface area (Å²) in [5.41, 5.74) is 1.19. The minimum Gasteiger partial charge on any atom is -0.306 e. The predicted octanol–water partition coefficient (Wildman–Crippen LogP) is 2.26. The lowest BCUT2D eigenvalue weighted by Crippen LogP contribution is -2.18. The molecule has 0 saturated heterocycles. The first-order valence-electron chi connectivity index (χ1n) is 8.08. The summed E-state index contributed by atoms with van der Waals surface area (Å²) in [4.78, 5) is 31.3. The van der Waals surface area contributed by atoms with Crippen LogP contribution in [-0.2, 0) is 6.42 Å². The molecule has 128 valence electrons. The smallest absolute Gasteiger partial charge is 0.256 e. The van der Waals surface area contributed by atoms with Gasteiger partial charge in [0.15, 0.2) is 5.82 Å². The van der Waals surface area contributed by atoms with Crippen molar-refractivity contribution in [2.45, 2.75) is 6.42 Å². The second-order valence-electron chi connectivity index (χ2n) is 5.76. The van der Waals surface area contributed by atoms with Gasteiger partial charge < -0.3 is 5.32 Å². The molecule has 0 aliphatic rings. The van der Waals surface area contributed by atoms with Gasteiger partial charge in [-0.05, 0) is 17.7 Å². The van der Waals surface area contributed by atoms with Crippen LogP contribution in [0.1, 0.15) is 21.7 Å². The number of amides is 1. The lowest BCUT2D eigenvalue weighted by Gasteiger charge is -2.06. The molecule has 0 fully saturated rings. The maximum absolute atomic E-state index is 12.4. The Kier molecular flexibility index (Phi) is 4.03. The molecule has 0 spiro atoms. The number of hydrogen-bond acceptors (Lipinski definition) is 4. The van der Waals surface area contributed by atoms with Crippen LogP contribution in [0.2, 0.25) is 0 Å². The van der Waals surface area contributed by atoms with Crippen molar-refractivity contribution in [1.29, 1.82) is 0 Å². The second kappa shape index (κ2) is 6.64. The van der Waals surface area contributed by atoms with Crippen LogP contribution >= 0.6 is 0 Å². The summed E-state index contributed by atoms with van der Waals surface area (Å²) < 4.78 is 1.43. The zero-order valence-corrected chi connectivity index (χ0v) is 13.7. The largest absolute Gasteiger partial charge is 0.306 e. The average Bonchev–Trinajstić information content (AvgIpc) is 3.05. The predicted molar refractivity (Wildman–Crippen MR) is 97.3 cm³/mol. The highest BCUT2D eigenvalue weighted by Gasteiger charge is 2.13. The van der Waals surface area contributed by atoms with E-state index in [0.29, 0.717) is 17.8 Å². The molecule has 1 amide bonds. The van der Waals surface area contributed by atoms with Gasteiger partial charge in [0, 0.05) is 18.1 Å². The number of hydrogen-bond donors (Lipinski definition) is 2. The van der Waals surface area contributed by atoms with E-state index < -0.39 is 0 Å². The summed E-state index contributed by atoms with van der Waals surface area (Å²) in [5, 5.41) is 7.14. The second-order valence-corrected chi connectivity index (χ2v) is 5.76. The Morgan fingerprint density at radius 2 is 1.73 bits per heavy atom. The van der Waals surface area contributed by atoms with E-state index in [1.165, 1.54) is 10.6 Å². The van der Waals surface area contributed by atoms with Crippen LogP contribution in [0, 0.1) is 0 Å². The minimum absolute atomic E-state index is 0.268. The quantitative estimate of drug-likeness (QED) is 0.593. The molecular formula is C19H15N5O2. The first-order valence-corrected chi connectivity index (χ1v) is 8.08. The van der Waals surface area contributed by atoms with Crippen LogP contribution in [0.4, 0.5) is 5.82 Å². The number of rotatable bonds is 4. The van der Waals surface area contributed by atoms with Crippen molar-refractivity contribution >= 4 is 17.5 Å². The lowest BCUT2D eigenvalue weighted by atomic mass is 10.1. The highest BCUT2D eigenvalue weighted by atomic mass is 16.2. The van der Waals surface area contributed by atoms with Crippen molar-refractivity contribution in [3.63, 3.8) is 0 Å². The van der Waals surface area contributed by atoms with Crippen molar-refractivity contribution in [1.82, 2.24) is 19.6 Å². The minimum atomic E-state index is -0.362. The summed E-state index contributed by atoms with van der Waals surface area (Å²) in [5.74, 6) is 0.780. The first-order chi connectivity index (χ1) is 12.7. The fourth-order valence-corrected chi connectivity index (χ4v) is 2.66. The monoisotopic (exact) mass is 345 g/mol. The molecule has 0 bridgehead atoms. The molecule has 2 N–H and O–H groups in total. The number of aromatic amines is 1. The summed E-state index contributed by atoms with van der Waals surface area (Å²) in [6.45, 7) is 0. The van der Waals surface area contributed by atoms with Crippen LogP contribution in [0.5, 0.6) is 0 Å². The Labute approximate surface area is 148 Å². The first kappa shape index (κ1) is 15.8. The van der Waals surface area contributed by atoms with Crippen LogP contribution in [-0.4, -0.2) is 25.5 Å². The molecular weight excluding hydrogens is 330 g/mol. The molecule has 4 rings (SSSR count). The normalized spacial score (nSPS) is 10.8. The highest BCUT2D eigenvalue weighted by molar-refractivity contribution is 6.03. The Balaban J connectivity index is 1.68. The van der Waals surface area contributed by atoms with Gasteiger partial charge in [0.05, 0.1) is 0 Å². The molecule has 0 atom stereocenters. The van der Waals surface area contributed by atoms with Gasteiger partial charge in [-0.2, -0.15) is 9.50 Å². The van der Waals surface area contributed by atoms with Gasteiger partial charge in [0.2, 0.25) is 5.78 Å². The molecule has 0 aliphatic carbocycles. The molecule has 0 unspecified atom stereocenters. The van der Waals surface area contributed by atoms with E-state index in [4.69, 9.17) is 0 Å². The van der Waals surface area contributed by atoms with E-state index in [-0.39, 0.29) is 23.1 Å². The van der Waals surface area contributed by atoms with E-state index in [1.54, 1.807) is 24.3 Å². The number of nitrogens with one attached hydrogen (secondary N) is 2. The van der Waals surface area contributed by atoms with Gasteiger partial charge in [0.1, 0.15) is 5.82 Å². The third-order valence-electron chi connectivity index (χ3n) is 3.86. The third-order valence-corrected chi connectivity index (χ3v) is 3.86. The number of aromatic nitrogens is 4. The lowest BCUT2D eigenvalue weighted by molar-refractivity contribution is 0.102. The number of anilines is 1. The molecule has 7 nitrogen and oxygen atoms in total. The van der Waals surface area contributed by atoms with E-state index >= 15 is 0 Å². The summed E-state index contributed by atoms with van der Waals surface area (Å²) in [6.07, 6.45) is 0.524. The van der Waals surface area contributed by atoms with Crippen LogP contribution in [0.15, 0.2) is 71.5 Å². The van der Waals surface area contributed by atoms with Crippen LogP contribution in [0.3, 0.4) is 0 Å². The Bertz CT molecular complexity index is 1120.